The fourth-order valence-electron chi connectivity index (χ4n) is 2.28. The number of nitrogens with one attached hydrogen (secondary N) is 2. The van der Waals surface area contributed by atoms with E-state index in [4.69, 9.17) is 4.42 Å². The molecule has 0 unspecified atom stereocenters. The van der Waals surface area contributed by atoms with E-state index in [0.717, 1.165) is 10.6 Å². The number of carbonyl (C=O) groups is 2. The van der Waals surface area contributed by atoms with Crippen LogP contribution in [0.1, 0.15) is 25.7 Å². The van der Waals surface area contributed by atoms with Gasteiger partial charge in [0.2, 0.25) is 0 Å². The van der Waals surface area contributed by atoms with Crippen molar-refractivity contribution >= 4 is 28.8 Å². The Morgan fingerprint density at radius 2 is 1.88 bits per heavy atom. The molecule has 26 heavy (non-hydrogen) atoms. The number of anilines is 1. The van der Waals surface area contributed by atoms with Gasteiger partial charge in [0.25, 0.3) is 11.8 Å². The van der Waals surface area contributed by atoms with Gasteiger partial charge in [-0.15, -0.1) is 11.3 Å². The van der Waals surface area contributed by atoms with E-state index >= 15 is 0 Å². The van der Waals surface area contributed by atoms with Crippen LogP contribution in [0.3, 0.4) is 0 Å². The maximum absolute atomic E-state index is 12.3. The minimum absolute atomic E-state index is 0.253. The van der Waals surface area contributed by atoms with Crippen molar-refractivity contribution < 1.29 is 14.0 Å². The van der Waals surface area contributed by atoms with Gasteiger partial charge >= 0.3 is 0 Å². The standard InChI is InChI=1S/C18H18N4O3S/c1-11-15(19-18(26-11)14-8-5-9-25-14)17(24)21-20-16(23)12-6-4-7-13(10-12)22(2)3/h4-10H,1-3H3,(H,20,23)(H,21,24). The number of furan rings is 1. The lowest BCUT2D eigenvalue weighted by Gasteiger charge is -2.13. The van der Waals surface area contributed by atoms with Crippen molar-refractivity contribution in [1.29, 1.82) is 0 Å². The Kier molecular flexibility index (Phi) is 5.04. The highest BCUT2D eigenvalue weighted by Crippen LogP contribution is 2.27. The molecule has 3 aromatic rings. The van der Waals surface area contributed by atoms with Gasteiger partial charge in [-0.2, -0.15) is 0 Å². The van der Waals surface area contributed by atoms with Gasteiger partial charge in [-0.05, 0) is 37.3 Å². The van der Waals surface area contributed by atoms with Crippen LogP contribution in [0.5, 0.6) is 0 Å². The van der Waals surface area contributed by atoms with Crippen LogP contribution in [0.4, 0.5) is 5.69 Å². The van der Waals surface area contributed by atoms with Crippen molar-refractivity contribution in [2.75, 3.05) is 19.0 Å². The zero-order chi connectivity index (χ0) is 18.7. The van der Waals surface area contributed by atoms with Crippen LogP contribution in [-0.4, -0.2) is 30.9 Å². The molecular weight excluding hydrogens is 352 g/mol. The van der Waals surface area contributed by atoms with E-state index in [-0.39, 0.29) is 5.69 Å². The van der Waals surface area contributed by atoms with Crippen molar-refractivity contribution in [3.05, 3.63) is 58.8 Å². The Morgan fingerprint density at radius 1 is 1.12 bits per heavy atom. The van der Waals surface area contributed by atoms with Crippen molar-refractivity contribution in [1.82, 2.24) is 15.8 Å². The molecular formula is C18H18N4O3S. The normalized spacial score (nSPS) is 10.4. The summed E-state index contributed by atoms with van der Waals surface area (Å²) >= 11 is 1.35. The molecule has 0 aliphatic heterocycles. The first kappa shape index (κ1) is 17.7. The maximum atomic E-state index is 12.3. The minimum atomic E-state index is -0.478. The highest BCUT2D eigenvalue weighted by molar-refractivity contribution is 7.15. The molecule has 0 saturated carbocycles. The number of hydrazine groups is 1. The summed E-state index contributed by atoms with van der Waals surface area (Å²) in [6.45, 7) is 1.79. The third kappa shape index (κ3) is 3.75. The average Bonchev–Trinajstić information content (AvgIpc) is 3.29. The first-order chi connectivity index (χ1) is 12.5. The molecule has 1 aromatic carbocycles. The second kappa shape index (κ2) is 7.40. The number of rotatable bonds is 4. The summed E-state index contributed by atoms with van der Waals surface area (Å²) in [5, 5.41) is 0.614. The molecule has 3 rings (SSSR count). The van der Waals surface area contributed by atoms with Gasteiger partial charge in [0.1, 0.15) is 5.69 Å². The number of hydrogen-bond donors (Lipinski definition) is 2. The van der Waals surface area contributed by atoms with Gasteiger partial charge in [-0.1, -0.05) is 6.07 Å². The van der Waals surface area contributed by atoms with E-state index in [9.17, 15) is 9.59 Å². The summed E-state index contributed by atoms with van der Waals surface area (Å²) in [6, 6.07) is 10.6. The van der Waals surface area contributed by atoms with E-state index in [1.54, 1.807) is 43.5 Å². The average molecular weight is 370 g/mol. The Morgan fingerprint density at radius 3 is 2.58 bits per heavy atom. The number of aryl methyl sites for hydroxylation is 1. The largest absolute Gasteiger partial charge is 0.462 e. The molecule has 2 heterocycles. The Balaban J connectivity index is 1.67. The summed E-state index contributed by atoms with van der Waals surface area (Å²) in [7, 11) is 3.78. The molecule has 0 atom stereocenters. The summed E-state index contributed by atoms with van der Waals surface area (Å²) < 4.78 is 5.30. The van der Waals surface area contributed by atoms with Gasteiger partial charge in [0.15, 0.2) is 10.8 Å². The summed E-state index contributed by atoms with van der Waals surface area (Å²) in [5.74, 6) is -0.281. The summed E-state index contributed by atoms with van der Waals surface area (Å²) in [5.41, 5.74) is 6.42. The second-order valence-electron chi connectivity index (χ2n) is 5.75. The third-order valence-corrected chi connectivity index (χ3v) is 4.64. The molecule has 7 nitrogen and oxygen atoms in total. The number of hydrogen-bond acceptors (Lipinski definition) is 6. The fraction of sp³-hybridized carbons (Fsp3) is 0.167. The predicted octanol–water partition coefficient (Wildman–Crippen LogP) is 2.85. The van der Waals surface area contributed by atoms with Crippen LogP contribution in [0.15, 0.2) is 47.1 Å². The van der Waals surface area contributed by atoms with Crippen LogP contribution in [-0.2, 0) is 0 Å². The molecule has 2 amide bonds. The van der Waals surface area contributed by atoms with Crippen molar-refractivity contribution in [2.24, 2.45) is 0 Å². The first-order valence-electron chi connectivity index (χ1n) is 7.85. The van der Waals surface area contributed by atoms with Crippen LogP contribution in [0.25, 0.3) is 10.8 Å². The number of aromatic nitrogens is 1. The molecule has 8 heteroatoms. The van der Waals surface area contributed by atoms with Crippen LogP contribution in [0, 0.1) is 6.92 Å². The number of amides is 2. The Bertz CT molecular complexity index is 932. The molecule has 0 spiro atoms. The highest BCUT2D eigenvalue weighted by atomic mass is 32.1. The van der Waals surface area contributed by atoms with E-state index in [2.05, 4.69) is 15.8 Å². The highest BCUT2D eigenvalue weighted by Gasteiger charge is 2.18. The topological polar surface area (TPSA) is 87.5 Å². The SMILES string of the molecule is Cc1sc(-c2ccco2)nc1C(=O)NNC(=O)c1cccc(N(C)C)c1. The van der Waals surface area contributed by atoms with Gasteiger partial charge in [-0.25, -0.2) is 4.98 Å². The number of carbonyl (C=O) groups excluding carboxylic acids is 2. The monoisotopic (exact) mass is 370 g/mol. The molecule has 0 fully saturated rings. The third-order valence-electron chi connectivity index (χ3n) is 3.66. The lowest BCUT2D eigenvalue weighted by Crippen LogP contribution is -2.42. The summed E-state index contributed by atoms with van der Waals surface area (Å²) in [4.78, 5) is 31.5. The molecule has 0 bridgehead atoms. The Labute approximate surface area is 154 Å². The number of nitrogens with zero attached hydrogens (tertiary/aromatic N) is 2. The zero-order valence-corrected chi connectivity index (χ0v) is 15.4. The molecule has 0 radical (unpaired) electrons. The van der Waals surface area contributed by atoms with Gasteiger partial charge < -0.3 is 9.32 Å². The molecule has 0 saturated heterocycles. The van der Waals surface area contributed by atoms with E-state index < -0.39 is 11.8 Å². The quantitative estimate of drug-likeness (QED) is 0.690. The molecule has 2 N–H and O–H groups in total. The first-order valence-corrected chi connectivity index (χ1v) is 8.66. The molecule has 134 valence electrons. The maximum Gasteiger partial charge on any atom is 0.289 e. The zero-order valence-electron chi connectivity index (χ0n) is 14.6. The van der Waals surface area contributed by atoms with Gasteiger partial charge in [0.05, 0.1) is 6.26 Å². The van der Waals surface area contributed by atoms with Gasteiger partial charge in [0, 0.05) is 30.2 Å². The van der Waals surface area contributed by atoms with E-state index in [1.165, 1.54) is 11.3 Å². The van der Waals surface area contributed by atoms with Crippen LogP contribution < -0.4 is 15.8 Å². The molecule has 2 aromatic heterocycles. The minimum Gasteiger partial charge on any atom is -0.462 e. The van der Waals surface area contributed by atoms with Crippen LogP contribution in [0.2, 0.25) is 0 Å². The smallest absolute Gasteiger partial charge is 0.289 e. The lowest BCUT2D eigenvalue weighted by atomic mass is 10.2. The van der Waals surface area contributed by atoms with Crippen molar-refractivity contribution in [2.45, 2.75) is 6.92 Å². The van der Waals surface area contributed by atoms with E-state index in [1.807, 2.05) is 25.1 Å². The van der Waals surface area contributed by atoms with Gasteiger partial charge in [-0.3, -0.25) is 20.4 Å². The summed E-state index contributed by atoms with van der Waals surface area (Å²) in [6.07, 6.45) is 1.55. The number of thiazole rings is 1. The van der Waals surface area contributed by atoms with E-state index in [0.29, 0.717) is 16.3 Å². The van der Waals surface area contributed by atoms with Crippen molar-refractivity contribution in [3.63, 3.8) is 0 Å². The Hall–Kier alpha value is -3.13. The number of benzene rings is 1. The lowest BCUT2D eigenvalue weighted by molar-refractivity contribution is 0.0844. The fourth-order valence-corrected chi connectivity index (χ4v) is 3.16. The molecule has 0 aliphatic carbocycles. The predicted molar refractivity (Wildman–Crippen MR) is 100 cm³/mol. The van der Waals surface area contributed by atoms with Crippen LogP contribution >= 0.6 is 11.3 Å². The van der Waals surface area contributed by atoms with Crippen molar-refractivity contribution in [3.8, 4) is 10.8 Å². The molecule has 0 aliphatic rings. The second-order valence-corrected chi connectivity index (χ2v) is 6.96.